The highest BCUT2D eigenvalue weighted by Crippen LogP contribution is 2.49. The van der Waals surface area contributed by atoms with Gasteiger partial charge in [0.2, 0.25) is 0 Å². The van der Waals surface area contributed by atoms with Crippen LogP contribution in [0.5, 0.6) is 0 Å². The molecule has 3 amide bonds. The first-order chi connectivity index (χ1) is 15.0. The number of aryl methyl sites for hydroxylation is 1. The van der Waals surface area contributed by atoms with Crippen LogP contribution in [0, 0.1) is 6.92 Å². The van der Waals surface area contributed by atoms with Gasteiger partial charge in [0.25, 0.3) is 11.5 Å². The number of nitrogens with one attached hydrogen (secondary N) is 2. The largest absolute Gasteiger partial charge is 0.435 e. The van der Waals surface area contributed by atoms with Gasteiger partial charge >= 0.3 is 12.2 Å². The average Bonchev–Trinajstić information content (AvgIpc) is 3.14. The minimum absolute atomic E-state index is 0.0338. The van der Waals surface area contributed by atoms with E-state index in [1.165, 1.54) is 24.3 Å². The zero-order valence-corrected chi connectivity index (χ0v) is 18.5. The monoisotopic (exact) mass is 487 g/mol. The first kappa shape index (κ1) is 23.9. The number of carbonyl (C=O) groups excluding carboxylic acids is 2. The van der Waals surface area contributed by atoms with Crippen LogP contribution in [-0.4, -0.2) is 30.4 Å². The van der Waals surface area contributed by atoms with E-state index in [0.29, 0.717) is 17.7 Å². The van der Waals surface area contributed by atoms with E-state index in [2.05, 4.69) is 15.8 Å². The van der Waals surface area contributed by atoms with E-state index in [4.69, 9.17) is 28.0 Å². The predicted octanol–water partition coefficient (Wildman–Crippen LogP) is 5.34. The molecule has 1 unspecified atom stereocenters. The third-order valence-electron chi connectivity index (χ3n) is 4.88. The molecule has 0 spiro atoms. The van der Waals surface area contributed by atoms with E-state index in [9.17, 15) is 22.8 Å². The number of carbonyl (C=O) groups is 2. The molecule has 2 N–H and O–H groups in total. The Bertz CT molecular complexity index is 1090. The Morgan fingerprint density at radius 3 is 2.38 bits per heavy atom. The lowest BCUT2D eigenvalue weighted by molar-refractivity contribution is -0.275. The molecule has 1 heterocycles. The summed E-state index contributed by atoms with van der Waals surface area (Å²) in [5, 5.41) is 8.37. The Morgan fingerprint density at radius 2 is 1.81 bits per heavy atom. The number of imide groups is 1. The predicted molar refractivity (Wildman–Crippen MR) is 114 cm³/mol. The van der Waals surface area contributed by atoms with Crippen molar-refractivity contribution < 1.29 is 27.6 Å². The standard InChI is InChI=1S/C21H18Cl2F3N3O3/c1-3-27-19(31)28-18(30)16-5-4-12(6-11(16)2)17-10-20(32-29-17,21(24,25)26)13-7-14(22)9-15(23)8-13/h4-9H,3,10H2,1-2H3,(H2,27,28,30,31). The van der Waals surface area contributed by atoms with Gasteiger partial charge in [-0.2, -0.15) is 13.2 Å². The maximum atomic E-state index is 14.1. The number of amides is 3. The van der Waals surface area contributed by atoms with Crippen molar-refractivity contribution in [2.75, 3.05) is 6.54 Å². The molecule has 0 radical (unpaired) electrons. The molecule has 0 fully saturated rings. The second-order valence-corrected chi connectivity index (χ2v) is 8.01. The molecule has 6 nitrogen and oxygen atoms in total. The van der Waals surface area contributed by atoms with Crippen molar-refractivity contribution >= 4 is 40.9 Å². The minimum atomic E-state index is -4.81. The van der Waals surface area contributed by atoms with E-state index in [-0.39, 0.29) is 26.9 Å². The number of halogens is 5. The summed E-state index contributed by atoms with van der Waals surface area (Å²) in [5.74, 6) is -0.636. The molecule has 2 aromatic rings. The number of hydrogen-bond donors (Lipinski definition) is 2. The summed E-state index contributed by atoms with van der Waals surface area (Å²) in [6, 6.07) is 7.31. The number of hydrogen-bond acceptors (Lipinski definition) is 4. The highest BCUT2D eigenvalue weighted by atomic mass is 35.5. The number of oxime groups is 1. The third-order valence-corrected chi connectivity index (χ3v) is 5.32. The Hall–Kier alpha value is -2.78. The summed E-state index contributed by atoms with van der Waals surface area (Å²) in [5.41, 5.74) is -1.99. The van der Waals surface area contributed by atoms with Crippen molar-refractivity contribution in [3.8, 4) is 0 Å². The van der Waals surface area contributed by atoms with Gasteiger partial charge < -0.3 is 10.2 Å². The number of nitrogens with zero attached hydrogens (tertiary/aromatic N) is 1. The molecule has 1 aliphatic heterocycles. The lowest BCUT2D eigenvalue weighted by atomic mass is 9.86. The summed E-state index contributed by atoms with van der Waals surface area (Å²) in [4.78, 5) is 28.8. The Kier molecular flexibility index (Phi) is 6.71. The van der Waals surface area contributed by atoms with E-state index < -0.39 is 30.1 Å². The fraction of sp³-hybridized carbons (Fsp3) is 0.286. The molecule has 0 bridgehead atoms. The third kappa shape index (κ3) is 4.68. The van der Waals surface area contributed by atoms with Crippen molar-refractivity contribution in [3.05, 3.63) is 68.7 Å². The molecule has 2 aromatic carbocycles. The van der Waals surface area contributed by atoms with Crippen LogP contribution in [0.3, 0.4) is 0 Å². The van der Waals surface area contributed by atoms with E-state index in [1.54, 1.807) is 13.8 Å². The molecule has 170 valence electrons. The van der Waals surface area contributed by atoms with Crippen LogP contribution >= 0.6 is 23.2 Å². The maximum absolute atomic E-state index is 14.1. The molecule has 0 saturated heterocycles. The molecule has 3 rings (SSSR count). The highest BCUT2D eigenvalue weighted by molar-refractivity contribution is 6.34. The first-order valence-electron chi connectivity index (χ1n) is 9.45. The lowest BCUT2D eigenvalue weighted by Gasteiger charge is -2.29. The van der Waals surface area contributed by atoms with Crippen LogP contribution in [0.15, 0.2) is 41.6 Å². The molecular formula is C21H18Cl2F3N3O3. The Balaban J connectivity index is 1.89. The summed E-state index contributed by atoms with van der Waals surface area (Å²) >= 11 is 11.8. The second kappa shape index (κ2) is 8.99. The smallest absolute Gasteiger partial charge is 0.374 e. The van der Waals surface area contributed by atoms with Gasteiger partial charge in [0.1, 0.15) is 0 Å². The van der Waals surface area contributed by atoms with Crippen molar-refractivity contribution in [3.63, 3.8) is 0 Å². The molecule has 11 heteroatoms. The molecule has 1 aliphatic rings. The van der Waals surface area contributed by atoms with E-state index in [0.717, 1.165) is 12.1 Å². The lowest BCUT2D eigenvalue weighted by Crippen LogP contribution is -2.42. The fourth-order valence-electron chi connectivity index (χ4n) is 3.32. The summed E-state index contributed by atoms with van der Waals surface area (Å²) in [6.07, 6.45) is -5.43. The minimum Gasteiger partial charge on any atom is -0.374 e. The molecule has 0 saturated carbocycles. The van der Waals surface area contributed by atoms with Gasteiger partial charge in [-0.15, -0.1) is 0 Å². The number of urea groups is 1. The fourth-order valence-corrected chi connectivity index (χ4v) is 3.84. The molecule has 0 aromatic heterocycles. The summed E-state index contributed by atoms with van der Waals surface area (Å²) in [6.45, 7) is 3.64. The molecule has 32 heavy (non-hydrogen) atoms. The number of benzene rings is 2. The second-order valence-electron chi connectivity index (χ2n) is 7.13. The zero-order valence-electron chi connectivity index (χ0n) is 16.9. The Labute approximate surface area is 191 Å². The van der Waals surface area contributed by atoms with Gasteiger partial charge in [-0.25, -0.2) is 4.79 Å². The van der Waals surface area contributed by atoms with Gasteiger partial charge in [-0.3, -0.25) is 10.1 Å². The van der Waals surface area contributed by atoms with Gasteiger partial charge in [0.05, 0.1) is 5.71 Å². The van der Waals surface area contributed by atoms with Gasteiger partial charge in [-0.1, -0.05) is 34.4 Å². The van der Waals surface area contributed by atoms with E-state index in [1.807, 2.05) is 0 Å². The van der Waals surface area contributed by atoms with Crippen molar-refractivity contribution in [2.24, 2.45) is 5.16 Å². The van der Waals surface area contributed by atoms with Crippen LogP contribution in [-0.2, 0) is 10.4 Å². The summed E-state index contributed by atoms with van der Waals surface area (Å²) in [7, 11) is 0. The quantitative estimate of drug-likeness (QED) is 0.610. The maximum Gasteiger partial charge on any atom is 0.435 e. The van der Waals surface area contributed by atoms with Crippen LogP contribution in [0.2, 0.25) is 10.0 Å². The van der Waals surface area contributed by atoms with Gasteiger partial charge in [0, 0.05) is 34.1 Å². The molecule has 1 atom stereocenters. The van der Waals surface area contributed by atoms with Crippen LogP contribution < -0.4 is 10.6 Å². The van der Waals surface area contributed by atoms with Crippen LogP contribution in [0.4, 0.5) is 18.0 Å². The van der Waals surface area contributed by atoms with E-state index >= 15 is 0 Å². The van der Waals surface area contributed by atoms with Crippen molar-refractivity contribution in [1.29, 1.82) is 0 Å². The van der Waals surface area contributed by atoms with Crippen LogP contribution in [0.25, 0.3) is 0 Å². The van der Waals surface area contributed by atoms with Crippen LogP contribution in [0.1, 0.15) is 40.4 Å². The number of alkyl halides is 3. The average molecular weight is 488 g/mol. The van der Waals surface area contributed by atoms with Gasteiger partial charge in [-0.05, 0) is 55.3 Å². The normalized spacial score (nSPS) is 18.0. The SMILES string of the molecule is CCNC(=O)NC(=O)c1ccc(C2=NOC(c3cc(Cl)cc(Cl)c3)(C(F)(F)F)C2)cc1C. The van der Waals surface area contributed by atoms with Gasteiger partial charge in [0.15, 0.2) is 0 Å². The zero-order chi connectivity index (χ0) is 23.7. The molecular weight excluding hydrogens is 470 g/mol. The van der Waals surface area contributed by atoms with Crippen molar-refractivity contribution in [1.82, 2.24) is 10.6 Å². The number of rotatable bonds is 4. The molecule has 0 aliphatic carbocycles. The van der Waals surface area contributed by atoms with Crippen molar-refractivity contribution in [2.45, 2.75) is 32.0 Å². The topological polar surface area (TPSA) is 79.8 Å². The first-order valence-corrected chi connectivity index (χ1v) is 10.2. The summed E-state index contributed by atoms with van der Waals surface area (Å²) < 4.78 is 42.3. The highest BCUT2D eigenvalue weighted by Gasteiger charge is 2.62. The Morgan fingerprint density at radius 1 is 1.16 bits per heavy atom.